The van der Waals surface area contributed by atoms with Gasteiger partial charge in [0.2, 0.25) is 0 Å². The molecule has 1 N–H and O–H groups in total. The lowest BCUT2D eigenvalue weighted by atomic mass is 10.2. The Morgan fingerprint density at radius 3 is 2.95 bits per heavy atom. The Morgan fingerprint density at radius 2 is 2.25 bits per heavy atom. The van der Waals surface area contributed by atoms with Crippen molar-refractivity contribution in [2.45, 2.75) is 19.9 Å². The van der Waals surface area contributed by atoms with E-state index in [1.165, 1.54) is 0 Å². The lowest BCUT2D eigenvalue weighted by molar-refractivity contribution is 0.101. The molecule has 0 radical (unpaired) electrons. The highest BCUT2D eigenvalue weighted by Gasteiger charge is 2.13. The topological polar surface area (TPSA) is 34.0 Å². The van der Waals surface area contributed by atoms with E-state index >= 15 is 0 Å². The molecular weight excluding hydrogens is 272 g/mol. The number of nitrogens with one attached hydrogen (secondary N) is 1. The Kier molecular flexibility index (Phi) is 4.49. The Morgan fingerprint density at radius 1 is 1.45 bits per heavy atom. The molecule has 1 heterocycles. The van der Waals surface area contributed by atoms with Crippen LogP contribution < -0.4 is 5.32 Å². The van der Waals surface area contributed by atoms with Crippen molar-refractivity contribution in [1.82, 2.24) is 4.57 Å². The Hall–Kier alpha value is -2.18. The minimum atomic E-state index is -0.195. The fraction of sp³-hybridized carbons (Fsp3) is 0.188. The maximum atomic E-state index is 12.3. The number of aryl methyl sites for hydroxylation is 1. The van der Waals surface area contributed by atoms with Gasteiger partial charge < -0.3 is 9.88 Å². The van der Waals surface area contributed by atoms with Crippen molar-refractivity contribution in [3.63, 3.8) is 0 Å². The van der Waals surface area contributed by atoms with Crippen molar-refractivity contribution >= 4 is 23.2 Å². The molecule has 0 bridgehead atoms. The number of amides is 1. The van der Waals surface area contributed by atoms with Gasteiger partial charge in [-0.05, 0) is 30.7 Å². The number of rotatable bonds is 4. The highest BCUT2D eigenvalue weighted by atomic mass is 35.5. The third kappa shape index (κ3) is 3.23. The van der Waals surface area contributed by atoms with Crippen molar-refractivity contribution in [2.75, 3.05) is 5.32 Å². The maximum absolute atomic E-state index is 12.3. The van der Waals surface area contributed by atoms with Gasteiger partial charge in [-0.2, -0.15) is 0 Å². The molecule has 0 aliphatic carbocycles. The minimum Gasteiger partial charge on any atom is -0.342 e. The van der Waals surface area contributed by atoms with E-state index in [1.807, 2.05) is 23.6 Å². The number of carbonyl (C=O) groups excluding carboxylic acids is 1. The van der Waals surface area contributed by atoms with Crippen LogP contribution in [-0.2, 0) is 6.54 Å². The van der Waals surface area contributed by atoms with Gasteiger partial charge >= 0.3 is 0 Å². The van der Waals surface area contributed by atoms with Gasteiger partial charge in [0.1, 0.15) is 5.69 Å². The fourth-order valence-electron chi connectivity index (χ4n) is 1.97. The SMILES string of the molecule is C#Cc1cccc(NC(=O)c2cc(Cl)cn2CCC)c1. The van der Waals surface area contributed by atoms with Crippen molar-refractivity contribution in [2.24, 2.45) is 0 Å². The van der Waals surface area contributed by atoms with Crippen LogP contribution in [-0.4, -0.2) is 10.5 Å². The predicted octanol–water partition coefficient (Wildman–Crippen LogP) is 3.79. The van der Waals surface area contributed by atoms with E-state index in [4.69, 9.17) is 18.0 Å². The number of hydrogen-bond acceptors (Lipinski definition) is 1. The normalized spacial score (nSPS) is 10.1. The zero-order valence-electron chi connectivity index (χ0n) is 11.2. The molecule has 1 amide bonds. The van der Waals surface area contributed by atoms with Crippen LogP contribution in [0.25, 0.3) is 0 Å². The predicted molar refractivity (Wildman–Crippen MR) is 82.1 cm³/mol. The van der Waals surface area contributed by atoms with E-state index in [0.29, 0.717) is 16.4 Å². The summed E-state index contributed by atoms with van der Waals surface area (Å²) in [6.45, 7) is 2.80. The van der Waals surface area contributed by atoms with Crippen molar-refractivity contribution in [3.05, 3.63) is 52.8 Å². The van der Waals surface area contributed by atoms with Gasteiger partial charge in [0.05, 0.1) is 5.02 Å². The Labute approximate surface area is 123 Å². The number of hydrogen-bond donors (Lipinski definition) is 1. The first-order valence-electron chi connectivity index (χ1n) is 6.37. The van der Waals surface area contributed by atoms with Crippen molar-refractivity contribution in [1.29, 1.82) is 0 Å². The second kappa shape index (κ2) is 6.31. The van der Waals surface area contributed by atoms with E-state index < -0.39 is 0 Å². The van der Waals surface area contributed by atoms with Gasteiger partial charge in [0, 0.05) is 24.0 Å². The first kappa shape index (κ1) is 14.2. The summed E-state index contributed by atoms with van der Waals surface area (Å²) < 4.78 is 1.85. The summed E-state index contributed by atoms with van der Waals surface area (Å²) in [5, 5.41) is 3.39. The van der Waals surface area contributed by atoms with E-state index in [0.717, 1.165) is 18.5 Å². The van der Waals surface area contributed by atoms with Gasteiger partial charge in [-0.1, -0.05) is 30.5 Å². The van der Waals surface area contributed by atoms with Gasteiger partial charge in [-0.25, -0.2) is 0 Å². The summed E-state index contributed by atoms with van der Waals surface area (Å²) in [7, 11) is 0. The third-order valence-electron chi connectivity index (χ3n) is 2.85. The molecule has 1 aromatic heterocycles. The van der Waals surface area contributed by atoms with Crippen molar-refractivity contribution in [3.8, 4) is 12.3 Å². The van der Waals surface area contributed by atoms with Crippen LogP contribution in [0.2, 0.25) is 5.02 Å². The smallest absolute Gasteiger partial charge is 0.272 e. The van der Waals surface area contributed by atoms with E-state index in [-0.39, 0.29) is 5.91 Å². The summed E-state index contributed by atoms with van der Waals surface area (Å²) in [6.07, 6.45) is 8.03. The fourth-order valence-corrected chi connectivity index (χ4v) is 2.19. The number of halogens is 1. The largest absolute Gasteiger partial charge is 0.342 e. The first-order valence-corrected chi connectivity index (χ1v) is 6.75. The molecule has 4 heteroatoms. The standard InChI is InChI=1S/C16H15ClN2O/c1-3-8-19-11-13(17)10-15(19)16(20)18-14-7-5-6-12(4-2)9-14/h2,5-7,9-11H,3,8H2,1H3,(H,18,20). The summed E-state index contributed by atoms with van der Waals surface area (Å²) in [5.41, 5.74) is 1.94. The number of aromatic nitrogens is 1. The number of benzene rings is 1. The van der Waals surface area contributed by atoms with Crippen LogP contribution in [0.4, 0.5) is 5.69 Å². The molecule has 0 atom stereocenters. The molecule has 0 saturated heterocycles. The van der Waals surface area contributed by atoms with Gasteiger partial charge in [0.15, 0.2) is 0 Å². The summed E-state index contributed by atoms with van der Waals surface area (Å²) >= 11 is 5.97. The molecule has 2 rings (SSSR count). The molecule has 20 heavy (non-hydrogen) atoms. The van der Waals surface area contributed by atoms with E-state index in [9.17, 15) is 4.79 Å². The van der Waals surface area contributed by atoms with Crippen LogP contribution in [0.5, 0.6) is 0 Å². The highest BCUT2D eigenvalue weighted by molar-refractivity contribution is 6.31. The maximum Gasteiger partial charge on any atom is 0.272 e. The first-order chi connectivity index (χ1) is 9.63. The average Bonchev–Trinajstić information content (AvgIpc) is 2.80. The van der Waals surface area contributed by atoms with Crippen LogP contribution in [0, 0.1) is 12.3 Å². The lowest BCUT2D eigenvalue weighted by Gasteiger charge is -2.09. The highest BCUT2D eigenvalue weighted by Crippen LogP contribution is 2.17. The molecule has 0 aliphatic rings. The number of carbonyl (C=O) groups is 1. The molecular formula is C16H15ClN2O. The molecule has 3 nitrogen and oxygen atoms in total. The second-order valence-corrected chi connectivity index (χ2v) is 4.85. The quantitative estimate of drug-likeness (QED) is 0.853. The van der Waals surface area contributed by atoms with E-state index in [2.05, 4.69) is 11.2 Å². The minimum absolute atomic E-state index is 0.195. The van der Waals surface area contributed by atoms with Crippen LogP contribution in [0.1, 0.15) is 29.4 Å². The van der Waals surface area contributed by atoms with Crippen LogP contribution in [0.3, 0.4) is 0 Å². The molecule has 0 unspecified atom stereocenters. The van der Waals surface area contributed by atoms with Crippen LogP contribution >= 0.6 is 11.6 Å². The molecule has 0 fully saturated rings. The molecule has 102 valence electrons. The molecule has 1 aromatic carbocycles. The van der Waals surface area contributed by atoms with Gasteiger partial charge in [0.25, 0.3) is 5.91 Å². The van der Waals surface area contributed by atoms with Crippen molar-refractivity contribution < 1.29 is 4.79 Å². The molecule has 0 aliphatic heterocycles. The molecule has 0 saturated carbocycles. The second-order valence-electron chi connectivity index (χ2n) is 4.42. The third-order valence-corrected chi connectivity index (χ3v) is 3.05. The number of anilines is 1. The Bertz CT molecular complexity index is 667. The molecule has 2 aromatic rings. The average molecular weight is 287 g/mol. The monoisotopic (exact) mass is 286 g/mol. The zero-order chi connectivity index (χ0) is 14.5. The number of terminal acetylenes is 1. The Balaban J connectivity index is 2.21. The zero-order valence-corrected chi connectivity index (χ0v) is 11.9. The summed E-state index contributed by atoms with van der Waals surface area (Å²) in [4.78, 5) is 12.3. The van der Waals surface area contributed by atoms with Gasteiger partial charge in [-0.15, -0.1) is 6.42 Å². The summed E-state index contributed by atoms with van der Waals surface area (Å²) in [6, 6.07) is 8.84. The molecule has 0 spiro atoms. The van der Waals surface area contributed by atoms with Gasteiger partial charge in [-0.3, -0.25) is 4.79 Å². The number of nitrogens with zero attached hydrogens (tertiary/aromatic N) is 1. The summed E-state index contributed by atoms with van der Waals surface area (Å²) in [5.74, 6) is 2.34. The van der Waals surface area contributed by atoms with E-state index in [1.54, 1.807) is 24.4 Å². The van der Waals surface area contributed by atoms with Crippen LogP contribution in [0.15, 0.2) is 36.5 Å². The lowest BCUT2D eigenvalue weighted by Crippen LogP contribution is -2.16.